The van der Waals surface area contributed by atoms with E-state index in [1.165, 1.54) is 19.3 Å². The Hall–Kier alpha value is -0.120. The van der Waals surface area contributed by atoms with Crippen molar-refractivity contribution in [1.29, 1.82) is 0 Å². The molecule has 1 saturated heterocycles. The quantitative estimate of drug-likeness (QED) is 0.824. The third-order valence-electron chi connectivity index (χ3n) is 5.27. The molecule has 0 aromatic rings. The molecule has 0 spiro atoms. The van der Waals surface area contributed by atoms with Crippen molar-refractivity contribution >= 4 is 0 Å². The van der Waals surface area contributed by atoms with Gasteiger partial charge in [-0.25, -0.2) is 0 Å². The van der Waals surface area contributed by atoms with Crippen molar-refractivity contribution < 1.29 is 5.11 Å². The Labute approximate surface area is 118 Å². The van der Waals surface area contributed by atoms with E-state index < -0.39 is 5.60 Å². The Morgan fingerprint density at radius 2 is 1.95 bits per heavy atom. The molecule has 3 nitrogen and oxygen atoms in total. The van der Waals surface area contributed by atoms with E-state index in [9.17, 15) is 5.11 Å². The molecular weight excluding hydrogens is 236 g/mol. The fraction of sp³-hybridized carbons (Fsp3) is 1.00. The van der Waals surface area contributed by atoms with Gasteiger partial charge in [-0.3, -0.25) is 0 Å². The largest absolute Gasteiger partial charge is 0.389 e. The van der Waals surface area contributed by atoms with Crippen LogP contribution in [0.2, 0.25) is 0 Å². The van der Waals surface area contributed by atoms with E-state index in [0.29, 0.717) is 11.5 Å². The molecule has 3 heteroatoms. The van der Waals surface area contributed by atoms with Gasteiger partial charge in [0.2, 0.25) is 0 Å². The molecule has 3 atom stereocenters. The van der Waals surface area contributed by atoms with Crippen molar-refractivity contribution in [3.05, 3.63) is 0 Å². The molecule has 1 saturated carbocycles. The van der Waals surface area contributed by atoms with Gasteiger partial charge in [0, 0.05) is 19.1 Å². The van der Waals surface area contributed by atoms with Crippen LogP contribution in [-0.2, 0) is 0 Å². The molecule has 1 aliphatic heterocycles. The minimum absolute atomic E-state index is 0.399. The molecule has 0 aromatic carbocycles. The number of hydrogen-bond donors (Lipinski definition) is 2. The second kappa shape index (κ2) is 5.71. The first kappa shape index (κ1) is 15.3. The van der Waals surface area contributed by atoms with Gasteiger partial charge in [-0.2, -0.15) is 0 Å². The third-order valence-corrected chi connectivity index (χ3v) is 5.27. The minimum atomic E-state index is -0.475. The Morgan fingerprint density at radius 3 is 2.58 bits per heavy atom. The third kappa shape index (κ3) is 3.71. The number of likely N-dealkylation sites (tertiary alicyclic amines) is 1. The van der Waals surface area contributed by atoms with Gasteiger partial charge in [0.15, 0.2) is 0 Å². The number of piperidine rings is 1. The van der Waals surface area contributed by atoms with Crippen molar-refractivity contribution in [2.45, 2.75) is 64.5 Å². The van der Waals surface area contributed by atoms with Gasteiger partial charge in [-0.05, 0) is 57.5 Å². The summed E-state index contributed by atoms with van der Waals surface area (Å²) in [6.07, 6.45) is 6.09. The highest BCUT2D eigenvalue weighted by Crippen LogP contribution is 2.39. The highest BCUT2D eigenvalue weighted by molar-refractivity contribution is 4.95. The molecule has 2 aliphatic rings. The molecule has 2 N–H and O–H groups in total. The molecule has 0 radical (unpaired) electrons. The molecule has 1 heterocycles. The molecule has 3 unspecified atom stereocenters. The number of hydrogen-bond acceptors (Lipinski definition) is 3. The molecule has 2 rings (SSSR count). The van der Waals surface area contributed by atoms with Crippen LogP contribution in [0.3, 0.4) is 0 Å². The maximum Gasteiger partial charge on any atom is 0.0746 e. The van der Waals surface area contributed by atoms with E-state index in [4.69, 9.17) is 0 Å². The second-order valence-electron chi connectivity index (χ2n) is 7.74. The first-order valence-electron chi connectivity index (χ1n) is 7.96. The summed E-state index contributed by atoms with van der Waals surface area (Å²) in [5, 5.41) is 13.8. The highest BCUT2D eigenvalue weighted by Gasteiger charge is 2.39. The molecule has 19 heavy (non-hydrogen) atoms. The molecule has 0 amide bonds. The summed E-state index contributed by atoms with van der Waals surface area (Å²) in [5.41, 5.74) is -0.0758. The van der Waals surface area contributed by atoms with Crippen LogP contribution in [0, 0.1) is 11.3 Å². The Kier molecular flexibility index (Phi) is 4.59. The first-order valence-corrected chi connectivity index (χ1v) is 7.96. The molecule has 0 aromatic heterocycles. The molecular formula is C16H32N2O. The van der Waals surface area contributed by atoms with Crippen molar-refractivity contribution in [1.82, 2.24) is 10.2 Å². The maximum absolute atomic E-state index is 10.2. The van der Waals surface area contributed by atoms with Crippen LogP contribution in [0.15, 0.2) is 0 Å². The van der Waals surface area contributed by atoms with E-state index in [1.54, 1.807) is 0 Å². The Bertz CT molecular complexity index is 301. The van der Waals surface area contributed by atoms with Gasteiger partial charge in [0.25, 0.3) is 0 Å². The number of nitrogens with zero attached hydrogens (tertiary/aromatic N) is 1. The van der Waals surface area contributed by atoms with Gasteiger partial charge in [-0.15, -0.1) is 0 Å². The number of nitrogens with one attached hydrogen (secondary N) is 1. The lowest BCUT2D eigenvalue weighted by Gasteiger charge is -2.47. The van der Waals surface area contributed by atoms with Crippen LogP contribution in [0.25, 0.3) is 0 Å². The Balaban J connectivity index is 1.97. The number of β-amino-alcohol motifs (C(OH)–C–C–N with tert-alkyl or cyclic N) is 1. The average Bonchev–Trinajstić information content (AvgIpc) is 2.26. The highest BCUT2D eigenvalue weighted by atomic mass is 16.3. The minimum Gasteiger partial charge on any atom is -0.389 e. The monoisotopic (exact) mass is 268 g/mol. The summed E-state index contributed by atoms with van der Waals surface area (Å²) in [5.74, 6) is 0.725. The van der Waals surface area contributed by atoms with E-state index in [-0.39, 0.29) is 0 Å². The van der Waals surface area contributed by atoms with Crippen LogP contribution in [0.5, 0.6) is 0 Å². The van der Waals surface area contributed by atoms with Crippen LogP contribution >= 0.6 is 0 Å². The number of aliphatic hydroxyl groups is 1. The summed E-state index contributed by atoms with van der Waals surface area (Å²) in [7, 11) is 2.11. The molecule has 1 aliphatic carbocycles. The lowest BCUT2D eigenvalue weighted by Crippen LogP contribution is -2.54. The van der Waals surface area contributed by atoms with Crippen molar-refractivity contribution in [3.63, 3.8) is 0 Å². The predicted octanol–water partition coefficient (Wildman–Crippen LogP) is 2.25. The summed E-state index contributed by atoms with van der Waals surface area (Å²) >= 11 is 0. The van der Waals surface area contributed by atoms with Crippen LogP contribution < -0.4 is 5.32 Å². The van der Waals surface area contributed by atoms with E-state index in [1.807, 2.05) is 6.92 Å². The fourth-order valence-electron chi connectivity index (χ4n) is 4.41. The fourth-order valence-corrected chi connectivity index (χ4v) is 4.41. The maximum atomic E-state index is 10.2. The Morgan fingerprint density at radius 1 is 1.21 bits per heavy atom. The summed E-state index contributed by atoms with van der Waals surface area (Å²) < 4.78 is 0. The SMILES string of the molecule is CNC1C(CN2CCCC(C)(O)C2)CCCC1(C)C. The second-order valence-corrected chi connectivity index (χ2v) is 7.74. The van der Waals surface area contributed by atoms with E-state index in [0.717, 1.165) is 38.4 Å². The van der Waals surface area contributed by atoms with Gasteiger partial charge < -0.3 is 15.3 Å². The lowest BCUT2D eigenvalue weighted by atomic mass is 9.67. The summed E-state index contributed by atoms with van der Waals surface area (Å²) in [6, 6.07) is 0.605. The predicted molar refractivity (Wildman–Crippen MR) is 80.3 cm³/mol. The van der Waals surface area contributed by atoms with E-state index >= 15 is 0 Å². The average molecular weight is 268 g/mol. The van der Waals surface area contributed by atoms with Gasteiger partial charge >= 0.3 is 0 Å². The molecule has 112 valence electrons. The summed E-state index contributed by atoms with van der Waals surface area (Å²) in [6.45, 7) is 9.92. The van der Waals surface area contributed by atoms with Crippen molar-refractivity contribution in [2.24, 2.45) is 11.3 Å². The number of rotatable bonds is 3. The molecule has 0 bridgehead atoms. The normalized spacial score (nSPS) is 40.3. The topological polar surface area (TPSA) is 35.5 Å². The van der Waals surface area contributed by atoms with E-state index in [2.05, 4.69) is 31.1 Å². The molecule has 2 fully saturated rings. The smallest absolute Gasteiger partial charge is 0.0746 e. The first-order chi connectivity index (χ1) is 8.84. The zero-order valence-corrected chi connectivity index (χ0v) is 13.2. The van der Waals surface area contributed by atoms with Crippen LogP contribution in [-0.4, -0.2) is 48.3 Å². The van der Waals surface area contributed by atoms with Crippen molar-refractivity contribution in [2.75, 3.05) is 26.7 Å². The summed E-state index contributed by atoms with van der Waals surface area (Å²) in [4.78, 5) is 2.49. The van der Waals surface area contributed by atoms with Gasteiger partial charge in [0.1, 0.15) is 0 Å². The van der Waals surface area contributed by atoms with Crippen LogP contribution in [0.1, 0.15) is 52.9 Å². The van der Waals surface area contributed by atoms with Crippen LogP contribution in [0.4, 0.5) is 0 Å². The standard InChI is InChI=1S/C16H32N2O/c1-15(2)8-5-7-13(14(15)17-4)11-18-10-6-9-16(3,19)12-18/h13-14,17,19H,5-12H2,1-4H3. The zero-order valence-electron chi connectivity index (χ0n) is 13.2. The van der Waals surface area contributed by atoms with Crippen molar-refractivity contribution in [3.8, 4) is 0 Å². The van der Waals surface area contributed by atoms with Gasteiger partial charge in [-0.1, -0.05) is 20.3 Å². The zero-order chi connectivity index (χ0) is 14.1. The van der Waals surface area contributed by atoms with Gasteiger partial charge in [0.05, 0.1) is 5.60 Å². The lowest BCUT2D eigenvalue weighted by molar-refractivity contribution is -0.0278.